The molecule has 0 fully saturated rings. The average molecular weight is 346 g/mol. The van der Waals surface area contributed by atoms with Gasteiger partial charge in [-0.2, -0.15) is 5.10 Å². The van der Waals surface area contributed by atoms with Crippen molar-refractivity contribution in [1.82, 2.24) is 20.1 Å². The Bertz CT molecular complexity index is 1050. The Morgan fingerprint density at radius 2 is 2.12 bits per heavy atom. The minimum atomic E-state index is -0.129. The van der Waals surface area contributed by atoms with Crippen molar-refractivity contribution in [3.05, 3.63) is 78.2 Å². The molecule has 4 rings (SSSR count). The fourth-order valence-corrected chi connectivity index (χ4v) is 2.88. The normalized spacial score (nSPS) is 10.8. The molecule has 0 aliphatic rings. The summed E-state index contributed by atoms with van der Waals surface area (Å²) < 4.78 is 6.96. The highest BCUT2D eigenvalue weighted by Crippen LogP contribution is 2.21. The van der Waals surface area contributed by atoms with Crippen LogP contribution in [-0.4, -0.2) is 27.8 Å². The van der Waals surface area contributed by atoms with Crippen molar-refractivity contribution in [2.24, 2.45) is 0 Å². The molecule has 0 saturated carbocycles. The van der Waals surface area contributed by atoms with Gasteiger partial charge in [0.2, 0.25) is 0 Å². The predicted molar refractivity (Wildman–Crippen MR) is 99.6 cm³/mol. The molecule has 2 aromatic heterocycles. The molecule has 0 spiro atoms. The number of fused-ring (bicyclic) bond motifs is 1. The molecule has 26 heavy (non-hydrogen) atoms. The van der Waals surface area contributed by atoms with Gasteiger partial charge in [-0.25, -0.2) is 4.68 Å². The zero-order chi connectivity index (χ0) is 17.9. The van der Waals surface area contributed by atoms with Gasteiger partial charge >= 0.3 is 0 Å². The van der Waals surface area contributed by atoms with Crippen molar-refractivity contribution in [2.75, 3.05) is 7.11 Å². The third-order valence-electron chi connectivity index (χ3n) is 4.20. The number of rotatable bonds is 5. The second kappa shape index (κ2) is 6.76. The minimum Gasteiger partial charge on any atom is -0.497 e. The van der Waals surface area contributed by atoms with Gasteiger partial charge in [-0.15, -0.1) is 0 Å². The van der Waals surface area contributed by atoms with Gasteiger partial charge in [0, 0.05) is 34.6 Å². The third-order valence-corrected chi connectivity index (χ3v) is 4.20. The predicted octanol–water partition coefficient (Wildman–Crippen LogP) is 3.29. The number of carbonyl (C=O) groups excluding carboxylic acids is 1. The Labute approximate surface area is 150 Å². The van der Waals surface area contributed by atoms with Crippen molar-refractivity contribution >= 4 is 16.8 Å². The molecule has 6 nitrogen and oxygen atoms in total. The minimum absolute atomic E-state index is 0.129. The molecular formula is C20H18N4O2. The molecule has 2 aromatic carbocycles. The second-order valence-corrected chi connectivity index (χ2v) is 5.93. The summed E-state index contributed by atoms with van der Waals surface area (Å²) in [4.78, 5) is 15.8. The van der Waals surface area contributed by atoms with Crippen LogP contribution in [0.25, 0.3) is 16.6 Å². The van der Waals surface area contributed by atoms with Crippen LogP contribution in [0.4, 0.5) is 0 Å². The maximum Gasteiger partial charge on any atom is 0.251 e. The van der Waals surface area contributed by atoms with Crippen molar-refractivity contribution < 1.29 is 9.53 Å². The molecule has 0 aliphatic heterocycles. The first-order valence-electron chi connectivity index (χ1n) is 8.27. The molecule has 2 heterocycles. The van der Waals surface area contributed by atoms with Crippen LogP contribution in [0.1, 0.15) is 16.1 Å². The van der Waals surface area contributed by atoms with Crippen molar-refractivity contribution in [1.29, 1.82) is 0 Å². The Kier molecular flexibility index (Phi) is 4.15. The van der Waals surface area contributed by atoms with Crippen LogP contribution in [0.3, 0.4) is 0 Å². The zero-order valence-corrected chi connectivity index (χ0v) is 14.3. The van der Waals surface area contributed by atoms with E-state index < -0.39 is 0 Å². The van der Waals surface area contributed by atoms with Crippen molar-refractivity contribution in [2.45, 2.75) is 6.54 Å². The molecule has 0 bridgehead atoms. The van der Waals surface area contributed by atoms with Crippen LogP contribution < -0.4 is 10.1 Å². The topological polar surface area (TPSA) is 71.9 Å². The lowest BCUT2D eigenvalue weighted by Gasteiger charge is -2.06. The van der Waals surface area contributed by atoms with Crippen LogP contribution >= 0.6 is 0 Å². The van der Waals surface area contributed by atoms with Crippen molar-refractivity contribution in [3.8, 4) is 11.4 Å². The summed E-state index contributed by atoms with van der Waals surface area (Å²) >= 11 is 0. The number of hydrogen-bond donors (Lipinski definition) is 2. The van der Waals surface area contributed by atoms with Gasteiger partial charge in [-0.1, -0.05) is 6.07 Å². The van der Waals surface area contributed by atoms with Crippen LogP contribution in [0.5, 0.6) is 5.75 Å². The number of methoxy groups -OCH3 is 1. The molecule has 4 aromatic rings. The Hall–Kier alpha value is -3.54. The summed E-state index contributed by atoms with van der Waals surface area (Å²) in [6, 6.07) is 17.1. The van der Waals surface area contributed by atoms with E-state index in [0.717, 1.165) is 28.0 Å². The highest BCUT2D eigenvalue weighted by molar-refractivity contribution is 5.94. The molecule has 0 aliphatic carbocycles. The number of carbonyl (C=O) groups is 1. The van der Waals surface area contributed by atoms with Gasteiger partial charge in [0.25, 0.3) is 5.91 Å². The highest BCUT2D eigenvalue weighted by Gasteiger charge is 2.08. The second-order valence-electron chi connectivity index (χ2n) is 5.93. The van der Waals surface area contributed by atoms with Crippen molar-refractivity contribution in [3.63, 3.8) is 0 Å². The molecule has 2 N–H and O–H groups in total. The summed E-state index contributed by atoms with van der Waals surface area (Å²) in [6.45, 7) is 0.418. The fourth-order valence-electron chi connectivity index (χ4n) is 2.88. The number of nitrogens with one attached hydrogen (secondary N) is 2. The lowest BCUT2D eigenvalue weighted by atomic mass is 10.2. The van der Waals surface area contributed by atoms with E-state index in [4.69, 9.17) is 4.74 Å². The average Bonchev–Trinajstić information content (AvgIpc) is 3.35. The number of amides is 1. The molecule has 6 heteroatoms. The number of H-pyrrole nitrogens is 1. The summed E-state index contributed by atoms with van der Waals surface area (Å²) in [5.74, 6) is 0.678. The zero-order valence-electron chi connectivity index (χ0n) is 14.3. The summed E-state index contributed by atoms with van der Waals surface area (Å²) in [6.07, 6.45) is 3.55. The summed E-state index contributed by atoms with van der Waals surface area (Å²) in [7, 11) is 1.65. The van der Waals surface area contributed by atoms with Crippen LogP contribution in [0.15, 0.2) is 67.0 Å². The van der Waals surface area contributed by atoms with Gasteiger partial charge < -0.3 is 15.0 Å². The van der Waals surface area contributed by atoms with Gasteiger partial charge in [0.1, 0.15) is 5.75 Å². The number of aromatic amines is 1. The van der Waals surface area contributed by atoms with E-state index in [2.05, 4.69) is 15.4 Å². The number of nitrogens with zero attached hydrogens (tertiary/aromatic N) is 2. The first-order chi connectivity index (χ1) is 12.7. The first-order valence-corrected chi connectivity index (χ1v) is 8.27. The number of aromatic nitrogens is 3. The van der Waals surface area contributed by atoms with E-state index in [0.29, 0.717) is 12.1 Å². The molecule has 130 valence electrons. The molecule has 0 radical (unpaired) electrons. The Balaban J connectivity index is 1.48. The molecule has 0 unspecified atom stereocenters. The first kappa shape index (κ1) is 16.0. The van der Waals surface area contributed by atoms with Crippen LogP contribution in [-0.2, 0) is 6.54 Å². The number of ether oxygens (including phenoxy) is 1. The quantitative estimate of drug-likeness (QED) is 0.582. The number of hydrogen-bond acceptors (Lipinski definition) is 3. The standard InChI is InChI=1S/C20H18N4O2/c1-26-18-6-7-19-15(12-18)10-16(23-19)13-21-20(25)14-4-2-5-17(11-14)24-9-3-8-22-24/h2-12,23H,13H2,1H3,(H,21,25). The van der Waals surface area contributed by atoms with Crippen LogP contribution in [0.2, 0.25) is 0 Å². The van der Waals surface area contributed by atoms with E-state index in [1.165, 1.54) is 0 Å². The number of benzene rings is 2. The molecular weight excluding hydrogens is 328 g/mol. The van der Waals surface area contributed by atoms with E-state index in [1.54, 1.807) is 24.1 Å². The monoisotopic (exact) mass is 346 g/mol. The molecule has 1 amide bonds. The van der Waals surface area contributed by atoms with Gasteiger partial charge in [0.05, 0.1) is 19.3 Å². The SMILES string of the molecule is COc1ccc2[nH]c(CNC(=O)c3cccc(-n4cccn4)c3)cc2c1. The van der Waals surface area contributed by atoms with E-state index >= 15 is 0 Å². The van der Waals surface area contributed by atoms with E-state index in [9.17, 15) is 4.79 Å². The lowest BCUT2D eigenvalue weighted by Crippen LogP contribution is -2.23. The molecule has 0 saturated heterocycles. The summed E-state index contributed by atoms with van der Waals surface area (Å²) in [5.41, 5.74) is 3.39. The molecule has 0 atom stereocenters. The highest BCUT2D eigenvalue weighted by atomic mass is 16.5. The Morgan fingerprint density at radius 3 is 2.92 bits per heavy atom. The Morgan fingerprint density at radius 1 is 1.19 bits per heavy atom. The smallest absolute Gasteiger partial charge is 0.251 e. The maximum absolute atomic E-state index is 12.5. The van der Waals surface area contributed by atoms with Gasteiger partial charge in [-0.05, 0) is 48.5 Å². The van der Waals surface area contributed by atoms with Gasteiger partial charge in [-0.3, -0.25) is 4.79 Å². The maximum atomic E-state index is 12.5. The largest absolute Gasteiger partial charge is 0.497 e. The van der Waals surface area contributed by atoms with Crippen LogP contribution in [0, 0.1) is 0 Å². The fraction of sp³-hybridized carbons (Fsp3) is 0.100. The van der Waals surface area contributed by atoms with E-state index in [-0.39, 0.29) is 5.91 Å². The third kappa shape index (κ3) is 3.17. The van der Waals surface area contributed by atoms with E-state index in [1.807, 2.05) is 54.7 Å². The lowest BCUT2D eigenvalue weighted by molar-refractivity contribution is 0.0950. The summed E-state index contributed by atoms with van der Waals surface area (Å²) in [5, 5.41) is 8.19. The van der Waals surface area contributed by atoms with Gasteiger partial charge in [0.15, 0.2) is 0 Å².